The molecule has 1 aliphatic rings. The molecule has 1 fully saturated rings. The maximum Gasteiger partial charge on any atom is 0.191 e. The zero-order valence-electron chi connectivity index (χ0n) is 16.5. The first-order chi connectivity index (χ1) is 13.2. The lowest BCUT2D eigenvalue weighted by Crippen LogP contribution is -2.48. The van der Waals surface area contributed by atoms with Crippen molar-refractivity contribution in [3.63, 3.8) is 0 Å². The highest BCUT2D eigenvalue weighted by Crippen LogP contribution is 2.16. The highest BCUT2D eigenvalue weighted by atomic mass is 79.9. The van der Waals surface area contributed by atoms with Gasteiger partial charge in [0.1, 0.15) is 0 Å². The van der Waals surface area contributed by atoms with Gasteiger partial charge in [0.15, 0.2) is 5.96 Å². The van der Waals surface area contributed by atoms with Gasteiger partial charge in [0.2, 0.25) is 0 Å². The van der Waals surface area contributed by atoms with Gasteiger partial charge in [0.25, 0.3) is 0 Å². The van der Waals surface area contributed by atoms with Crippen LogP contribution in [0.3, 0.4) is 0 Å². The number of nitrogens with zero attached hydrogens (tertiary/aromatic N) is 2. The van der Waals surface area contributed by atoms with Crippen molar-refractivity contribution in [1.82, 2.24) is 15.5 Å². The first kappa shape index (κ1) is 22.1. The monoisotopic (exact) mass is 440 g/mol. The summed E-state index contributed by atoms with van der Waals surface area (Å²) in [4.78, 5) is 7.13. The molecule has 0 spiro atoms. The number of methoxy groups -OCH3 is 1. The Labute approximate surface area is 171 Å². The van der Waals surface area contributed by atoms with Crippen molar-refractivity contribution in [2.45, 2.75) is 32.4 Å². The predicted octanol–water partition coefficient (Wildman–Crippen LogP) is 2.63. The molecule has 152 valence electrons. The van der Waals surface area contributed by atoms with Gasteiger partial charge in [-0.25, -0.2) is 0 Å². The summed E-state index contributed by atoms with van der Waals surface area (Å²) in [5.74, 6) is 0.888. The minimum Gasteiger partial charge on any atom is -0.382 e. The molecule has 0 aliphatic carbocycles. The second-order valence-electron chi connectivity index (χ2n) is 6.69. The average Bonchev–Trinajstić information content (AvgIpc) is 2.68. The van der Waals surface area contributed by atoms with E-state index in [1.54, 1.807) is 7.11 Å². The van der Waals surface area contributed by atoms with Crippen LogP contribution in [0.25, 0.3) is 0 Å². The summed E-state index contributed by atoms with van der Waals surface area (Å²) in [5.41, 5.74) is 1.37. The summed E-state index contributed by atoms with van der Waals surface area (Å²) in [6.45, 7) is 8.69. The maximum absolute atomic E-state index is 5.47. The second-order valence-corrected chi connectivity index (χ2v) is 7.60. The van der Waals surface area contributed by atoms with Gasteiger partial charge >= 0.3 is 0 Å². The normalized spacial score (nSPS) is 16.5. The first-order valence-corrected chi connectivity index (χ1v) is 10.6. The number of benzene rings is 1. The molecule has 0 atom stereocenters. The van der Waals surface area contributed by atoms with Crippen molar-refractivity contribution in [1.29, 1.82) is 0 Å². The molecule has 1 saturated heterocycles. The Morgan fingerprint density at radius 3 is 2.59 bits per heavy atom. The van der Waals surface area contributed by atoms with Gasteiger partial charge in [-0.2, -0.15) is 0 Å². The Balaban J connectivity index is 1.70. The van der Waals surface area contributed by atoms with Gasteiger partial charge in [0, 0.05) is 43.8 Å². The number of guanidine groups is 1. The van der Waals surface area contributed by atoms with Crippen molar-refractivity contribution < 1.29 is 9.47 Å². The molecule has 2 rings (SSSR count). The lowest BCUT2D eigenvalue weighted by molar-refractivity contribution is 0.0748. The average molecular weight is 441 g/mol. The van der Waals surface area contributed by atoms with E-state index < -0.39 is 0 Å². The number of rotatable bonds is 10. The Bertz CT molecular complexity index is 545. The SMILES string of the molecule is CCNC(=NCCOCCOC)NC1CCN(Cc2ccc(Br)cc2)CC1. The van der Waals surface area contributed by atoms with Gasteiger partial charge in [-0.3, -0.25) is 9.89 Å². The van der Waals surface area contributed by atoms with E-state index in [-0.39, 0.29) is 0 Å². The van der Waals surface area contributed by atoms with E-state index >= 15 is 0 Å². The standard InChI is InChI=1S/C20H33BrN4O2/c1-3-22-20(23-10-13-27-15-14-26-2)24-19-8-11-25(12-9-19)16-17-4-6-18(21)7-5-17/h4-7,19H,3,8-16H2,1-2H3,(H2,22,23,24). The van der Waals surface area contributed by atoms with Gasteiger partial charge in [0.05, 0.1) is 26.4 Å². The summed E-state index contributed by atoms with van der Waals surface area (Å²) < 4.78 is 11.6. The summed E-state index contributed by atoms with van der Waals surface area (Å²) in [6, 6.07) is 9.08. The number of likely N-dealkylation sites (tertiary alicyclic amines) is 1. The Hall–Kier alpha value is -1.15. The van der Waals surface area contributed by atoms with Crippen LogP contribution < -0.4 is 10.6 Å². The number of aliphatic imine (C=N–C) groups is 1. The molecule has 1 aromatic carbocycles. The van der Waals surface area contributed by atoms with Crippen LogP contribution in [0.4, 0.5) is 0 Å². The minimum atomic E-state index is 0.471. The molecule has 1 heterocycles. The summed E-state index contributed by atoms with van der Waals surface area (Å²) in [7, 11) is 1.68. The summed E-state index contributed by atoms with van der Waals surface area (Å²) in [5, 5.41) is 6.91. The van der Waals surface area contributed by atoms with Crippen LogP contribution in [-0.2, 0) is 16.0 Å². The van der Waals surface area contributed by atoms with Crippen LogP contribution in [0, 0.1) is 0 Å². The lowest BCUT2D eigenvalue weighted by Gasteiger charge is -2.33. The van der Waals surface area contributed by atoms with Gasteiger partial charge < -0.3 is 20.1 Å². The third-order valence-electron chi connectivity index (χ3n) is 4.53. The lowest BCUT2D eigenvalue weighted by atomic mass is 10.0. The fraction of sp³-hybridized carbons (Fsp3) is 0.650. The molecular formula is C20H33BrN4O2. The zero-order chi connectivity index (χ0) is 19.3. The predicted molar refractivity (Wildman–Crippen MR) is 114 cm³/mol. The van der Waals surface area contributed by atoms with Crippen LogP contribution >= 0.6 is 15.9 Å². The van der Waals surface area contributed by atoms with Gasteiger partial charge in [-0.15, -0.1) is 0 Å². The molecule has 27 heavy (non-hydrogen) atoms. The van der Waals surface area contributed by atoms with Crippen LogP contribution in [-0.4, -0.2) is 70.0 Å². The van der Waals surface area contributed by atoms with Gasteiger partial charge in [-0.1, -0.05) is 28.1 Å². The van der Waals surface area contributed by atoms with Crippen LogP contribution in [0.2, 0.25) is 0 Å². The molecular weight excluding hydrogens is 408 g/mol. The van der Waals surface area contributed by atoms with Crippen molar-refractivity contribution in [2.24, 2.45) is 4.99 Å². The number of nitrogens with one attached hydrogen (secondary N) is 2. The Morgan fingerprint density at radius 1 is 1.19 bits per heavy atom. The van der Waals surface area contributed by atoms with Crippen molar-refractivity contribution in [2.75, 3.05) is 53.1 Å². The Kier molecular flexibility index (Phi) is 10.7. The van der Waals surface area contributed by atoms with E-state index in [1.165, 1.54) is 5.56 Å². The van der Waals surface area contributed by atoms with Crippen molar-refractivity contribution in [3.05, 3.63) is 34.3 Å². The summed E-state index contributed by atoms with van der Waals surface area (Å²) >= 11 is 3.49. The quantitative estimate of drug-likeness (QED) is 0.332. The number of piperidine rings is 1. The van der Waals surface area contributed by atoms with Crippen molar-refractivity contribution >= 4 is 21.9 Å². The van der Waals surface area contributed by atoms with E-state index in [9.17, 15) is 0 Å². The smallest absolute Gasteiger partial charge is 0.191 e. The molecule has 0 unspecified atom stereocenters. The second kappa shape index (κ2) is 13.1. The highest BCUT2D eigenvalue weighted by molar-refractivity contribution is 9.10. The first-order valence-electron chi connectivity index (χ1n) is 9.79. The van der Waals surface area contributed by atoms with E-state index in [1.807, 2.05) is 0 Å². The van der Waals surface area contributed by atoms with E-state index in [2.05, 4.69) is 67.6 Å². The third-order valence-corrected chi connectivity index (χ3v) is 5.06. The molecule has 1 aliphatic heterocycles. The van der Waals surface area contributed by atoms with Crippen LogP contribution in [0.5, 0.6) is 0 Å². The molecule has 2 N–H and O–H groups in total. The fourth-order valence-electron chi connectivity index (χ4n) is 3.06. The minimum absolute atomic E-state index is 0.471. The fourth-order valence-corrected chi connectivity index (χ4v) is 3.33. The zero-order valence-corrected chi connectivity index (χ0v) is 18.1. The molecule has 0 radical (unpaired) electrons. The molecule has 0 saturated carbocycles. The molecule has 1 aromatic rings. The van der Waals surface area contributed by atoms with Crippen LogP contribution in [0.1, 0.15) is 25.3 Å². The molecule has 0 bridgehead atoms. The molecule has 0 amide bonds. The van der Waals surface area contributed by atoms with E-state index in [4.69, 9.17) is 9.47 Å². The molecule has 0 aromatic heterocycles. The number of ether oxygens (including phenoxy) is 2. The van der Waals surface area contributed by atoms with E-state index in [0.29, 0.717) is 32.4 Å². The third kappa shape index (κ3) is 9.06. The topological polar surface area (TPSA) is 58.1 Å². The van der Waals surface area contributed by atoms with Gasteiger partial charge in [-0.05, 0) is 37.5 Å². The highest BCUT2D eigenvalue weighted by Gasteiger charge is 2.20. The number of hydrogen-bond donors (Lipinski definition) is 2. The molecule has 6 nitrogen and oxygen atoms in total. The van der Waals surface area contributed by atoms with Crippen LogP contribution in [0.15, 0.2) is 33.7 Å². The number of halogens is 1. The molecule has 7 heteroatoms. The summed E-state index contributed by atoms with van der Waals surface area (Å²) in [6.07, 6.45) is 2.26. The Morgan fingerprint density at radius 2 is 1.93 bits per heavy atom. The van der Waals surface area contributed by atoms with Crippen molar-refractivity contribution in [3.8, 4) is 0 Å². The largest absolute Gasteiger partial charge is 0.382 e. The van der Waals surface area contributed by atoms with E-state index in [0.717, 1.165) is 49.5 Å². The maximum atomic E-state index is 5.47. The number of hydrogen-bond acceptors (Lipinski definition) is 4.